The van der Waals surface area contributed by atoms with Gasteiger partial charge in [-0.1, -0.05) is 12.1 Å². The fraction of sp³-hybridized carbons (Fsp3) is 0.471. The van der Waals surface area contributed by atoms with Gasteiger partial charge in [-0.05, 0) is 38.0 Å². The summed E-state index contributed by atoms with van der Waals surface area (Å²) >= 11 is 0. The van der Waals surface area contributed by atoms with Crippen LogP contribution >= 0.6 is 0 Å². The maximum absolute atomic E-state index is 12.1. The van der Waals surface area contributed by atoms with Crippen LogP contribution < -0.4 is 10.6 Å². The zero-order valence-corrected chi connectivity index (χ0v) is 13.6. The molecule has 0 aliphatic carbocycles. The molecule has 1 aliphatic heterocycles. The highest BCUT2D eigenvalue weighted by molar-refractivity contribution is 5.96. The number of likely N-dealkylation sites (tertiary alicyclic amines) is 1. The zero-order valence-electron chi connectivity index (χ0n) is 13.6. The van der Waals surface area contributed by atoms with Crippen LogP contribution in [0, 0.1) is 0 Å². The largest absolute Gasteiger partial charge is 0.352 e. The first-order chi connectivity index (χ1) is 11.0. The summed E-state index contributed by atoms with van der Waals surface area (Å²) in [6.45, 7) is 4.97. The van der Waals surface area contributed by atoms with Crippen LogP contribution in [-0.2, 0) is 16.1 Å². The van der Waals surface area contributed by atoms with Gasteiger partial charge in [0.1, 0.15) is 0 Å². The molecular formula is C17H23N3O3. The van der Waals surface area contributed by atoms with E-state index in [1.165, 1.54) is 0 Å². The number of benzene rings is 1. The fourth-order valence-electron chi connectivity index (χ4n) is 2.54. The second kappa shape index (κ2) is 7.76. The predicted molar refractivity (Wildman–Crippen MR) is 86.7 cm³/mol. The molecule has 2 rings (SSSR count). The standard InChI is InChI=1S/C17H23N3O3/c1-12(2)19-15(21)10-18-17(23)14-6-3-5-13(9-14)11-20-8-4-7-16(20)22/h3,5-6,9,12H,4,7-8,10-11H2,1-2H3,(H,18,23)(H,19,21). The van der Waals surface area contributed by atoms with E-state index in [0.29, 0.717) is 18.5 Å². The van der Waals surface area contributed by atoms with Gasteiger partial charge in [-0.25, -0.2) is 0 Å². The molecule has 2 N–H and O–H groups in total. The van der Waals surface area contributed by atoms with Crippen LogP contribution in [0.4, 0.5) is 0 Å². The first-order valence-corrected chi connectivity index (χ1v) is 7.90. The quantitative estimate of drug-likeness (QED) is 0.823. The van der Waals surface area contributed by atoms with Crippen molar-refractivity contribution in [2.45, 2.75) is 39.3 Å². The van der Waals surface area contributed by atoms with Crippen molar-refractivity contribution in [3.05, 3.63) is 35.4 Å². The average Bonchev–Trinajstić information content (AvgIpc) is 2.89. The van der Waals surface area contributed by atoms with Gasteiger partial charge < -0.3 is 15.5 Å². The number of carbonyl (C=O) groups is 3. The van der Waals surface area contributed by atoms with E-state index in [-0.39, 0.29) is 30.3 Å². The van der Waals surface area contributed by atoms with Crippen LogP contribution in [-0.4, -0.2) is 41.8 Å². The van der Waals surface area contributed by atoms with Crippen molar-refractivity contribution in [3.8, 4) is 0 Å². The van der Waals surface area contributed by atoms with Gasteiger partial charge in [-0.15, -0.1) is 0 Å². The molecule has 1 aromatic carbocycles. The molecule has 1 aliphatic rings. The van der Waals surface area contributed by atoms with Crippen molar-refractivity contribution < 1.29 is 14.4 Å². The Balaban J connectivity index is 1.92. The van der Waals surface area contributed by atoms with Crippen LogP contribution in [0.2, 0.25) is 0 Å². The molecule has 0 bridgehead atoms. The van der Waals surface area contributed by atoms with Gasteiger partial charge in [-0.3, -0.25) is 14.4 Å². The first kappa shape index (κ1) is 17.0. The Morgan fingerprint density at radius 3 is 2.74 bits per heavy atom. The van der Waals surface area contributed by atoms with E-state index in [4.69, 9.17) is 0 Å². The van der Waals surface area contributed by atoms with Crippen LogP contribution in [0.5, 0.6) is 0 Å². The highest BCUT2D eigenvalue weighted by Gasteiger charge is 2.20. The van der Waals surface area contributed by atoms with Crippen LogP contribution in [0.15, 0.2) is 24.3 Å². The molecule has 124 valence electrons. The van der Waals surface area contributed by atoms with Crippen LogP contribution in [0.3, 0.4) is 0 Å². The molecule has 0 unspecified atom stereocenters. The number of carbonyl (C=O) groups excluding carboxylic acids is 3. The Bertz CT molecular complexity index is 599. The fourth-order valence-corrected chi connectivity index (χ4v) is 2.54. The maximum Gasteiger partial charge on any atom is 0.251 e. The average molecular weight is 317 g/mol. The zero-order chi connectivity index (χ0) is 16.8. The minimum Gasteiger partial charge on any atom is -0.352 e. The van der Waals surface area contributed by atoms with Crippen molar-refractivity contribution in [1.29, 1.82) is 0 Å². The third-order valence-electron chi connectivity index (χ3n) is 3.59. The minimum atomic E-state index is -0.293. The number of hydrogen-bond donors (Lipinski definition) is 2. The topological polar surface area (TPSA) is 78.5 Å². The lowest BCUT2D eigenvalue weighted by Gasteiger charge is -2.16. The van der Waals surface area contributed by atoms with Gasteiger partial charge in [0, 0.05) is 31.1 Å². The molecular weight excluding hydrogens is 294 g/mol. The van der Waals surface area contributed by atoms with Gasteiger partial charge in [-0.2, -0.15) is 0 Å². The smallest absolute Gasteiger partial charge is 0.251 e. The second-order valence-electron chi connectivity index (χ2n) is 6.02. The molecule has 1 aromatic rings. The molecule has 6 heteroatoms. The highest BCUT2D eigenvalue weighted by atomic mass is 16.2. The third kappa shape index (κ3) is 5.09. The summed E-state index contributed by atoms with van der Waals surface area (Å²) in [5, 5.41) is 5.32. The van der Waals surface area contributed by atoms with E-state index in [1.54, 1.807) is 23.1 Å². The molecule has 23 heavy (non-hydrogen) atoms. The Hall–Kier alpha value is -2.37. The summed E-state index contributed by atoms with van der Waals surface area (Å²) in [6.07, 6.45) is 1.50. The van der Waals surface area contributed by atoms with Gasteiger partial charge in [0.2, 0.25) is 11.8 Å². The van der Waals surface area contributed by atoms with Crippen LogP contribution in [0.25, 0.3) is 0 Å². The number of hydrogen-bond acceptors (Lipinski definition) is 3. The lowest BCUT2D eigenvalue weighted by Crippen LogP contribution is -2.39. The Kier molecular flexibility index (Phi) is 5.73. The SMILES string of the molecule is CC(C)NC(=O)CNC(=O)c1cccc(CN2CCCC2=O)c1. The molecule has 6 nitrogen and oxygen atoms in total. The highest BCUT2D eigenvalue weighted by Crippen LogP contribution is 2.15. The molecule has 0 aromatic heterocycles. The van der Waals surface area contributed by atoms with Crippen molar-refractivity contribution in [1.82, 2.24) is 15.5 Å². The summed E-state index contributed by atoms with van der Waals surface area (Å²) in [5.41, 5.74) is 1.41. The molecule has 1 saturated heterocycles. The Morgan fingerprint density at radius 2 is 2.09 bits per heavy atom. The normalized spacial score (nSPS) is 14.2. The Labute approximate surface area is 136 Å². The van der Waals surface area contributed by atoms with Crippen molar-refractivity contribution in [2.75, 3.05) is 13.1 Å². The van der Waals surface area contributed by atoms with Gasteiger partial charge in [0.05, 0.1) is 6.54 Å². The molecule has 0 radical (unpaired) electrons. The first-order valence-electron chi connectivity index (χ1n) is 7.90. The molecule has 0 spiro atoms. The van der Waals surface area contributed by atoms with Crippen LogP contribution in [0.1, 0.15) is 42.6 Å². The second-order valence-corrected chi connectivity index (χ2v) is 6.02. The number of rotatable bonds is 6. The van der Waals surface area contributed by atoms with E-state index >= 15 is 0 Å². The molecule has 0 saturated carbocycles. The monoisotopic (exact) mass is 317 g/mol. The summed E-state index contributed by atoms with van der Waals surface area (Å²) in [5.74, 6) is -0.351. The van der Waals surface area contributed by atoms with E-state index in [9.17, 15) is 14.4 Å². The van der Waals surface area contributed by atoms with E-state index in [0.717, 1.165) is 18.5 Å². The number of nitrogens with one attached hydrogen (secondary N) is 2. The predicted octanol–water partition coefficient (Wildman–Crippen LogP) is 1.06. The third-order valence-corrected chi connectivity index (χ3v) is 3.59. The van der Waals surface area contributed by atoms with Gasteiger partial charge >= 0.3 is 0 Å². The minimum absolute atomic E-state index is 0.0423. The maximum atomic E-state index is 12.1. The molecule has 3 amide bonds. The number of nitrogens with zero attached hydrogens (tertiary/aromatic N) is 1. The molecule has 1 heterocycles. The number of amides is 3. The summed E-state index contributed by atoms with van der Waals surface area (Å²) in [7, 11) is 0. The summed E-state index contributed by atoms with van der Waals surface area (Å²) in [6, 6.07) is 7.19. The van der Waals surface area contributed by atoms with E-state index in [1.807, 2.05) is 19.9 Å². The van der Waals surface area contributed by atoms with Crippen molar-refractivity contribution in [3.63, 3.8) is 0 Å². The van der Waals surface area contributed by atoms with E-state index in [2.05, 4.69) is 10.6 Å². The van der Waals surface area contributed by atoms with Crippen molar-refractivity contribution in [2.24, 2.45) is 0 Å². The van der Waals surface area contributed by atoms with Gasteiger partial charge in [0.25, 0.3) is 5.91 Å². The lowest BCUT2D eigenvalue weighted by molar-refractivity contribution is -0.128. The molecule has 1 fully saturated rings. The van der Waals surface area contributed by atoms with Crippen molar-refractivity contribution >= 4 is 17.7 Å². The lowest BCUT2D eigenvalue weighted by atomic mass is 10.1. The Morgan fingerprint density at radius 1 is 1.30 bits per heavy atom. The summed E-state index contributed by atoms with van der Waals surface area (Å²) < 4.78 is 0. The summed E-state index contributed by atoms with van der Waals surface area (Å²) in [4.78, 5) is 37.1. The van der Waals surface area contributed by atoms with Gasteiger partial charge in [0.15, 0.2) is 0 Å². The molecule has 0 atom stereocenters. The van der Waals surface area contributed by atoms with E-state index < -0.39 is 0 Å².